The van der Waals surface area contributed by atoms with Gasteiger partial charge < -0.3 is 14.9 Å². The Bertz CT molecular complexity index is 862. The number of aliphatic carboxylic acids is 1. The molecule has 1 aromatic heterocycles. The Morgan fingerprint density at radius 1 is 1.22 bits per heavy atom. The van der Waals surface area contributed by atoms with Crippen LogP contribution in [0.2, 0.25) is 0 Å². The molecule has 2 heterocycles. The number of pyridine rings is 1. The van der Waals surface area contributed by atoms with Crippen LogP contribution in [0.25, 0.3) is 10.8 Å². The van der Waals surface area contributed by atoms with Crippen LogP contribution in [0.4, 0.5) is 0 Å². The fraction of sp³-hybridized carbons (Fsp3) is 0.400. The van der Waals surface area contributed by atoms with Crippen molar-refractivity contribution in [1.82, 2.24) is 14.8 Å². The predicted molar refractivity (Wildman–Crippen MR) is 100 cm³/mol. The second-order valence-corrected chi connectivity index (χ2v) is 6.82. The maximum absolute atomic E-state index is 13.1. The molecule has 0 aliphatic carbocycles. The predicted octanol–water partition coefficient (Wildman–Crippen LogP) is 2.16. The van der Waals surface area contributed by atoms with E-state index < -0.39 is 5.97 Å². The molecule has 0 bridgehead atoms. The molecule has 0 radical (unpaired) electrons. The van der Waals surface area contributed by atoms with Crippen LogP contribution >= 0.6 is 0 Å². The first-order valence-electron chi connectivity index (χ1n) is 9.08. The van der Waals surface area contributed by atoms with Crippen molar-refractivity contribution >= 4 is 28.6 Å². The number of rotatable bonds is 4. The minimum absolute atomic E-state index is 0.0416. The summed E-state index contributed by atoms with van der Waals surface area (Å²) < 4.78 is 0. The highest BCUT2D eigenvalue weighted by Crippen LogP contribution is 2.22. The zero-order valence-electron chi connectivity index (χ0n) is 15.3. The lowest BCUT2D eigenvalue weighted by Crippen LogP contribution is -2.43. The lowest BCUT2D eigenvalue weighted by atomic mass is 10.1. The van der Waals surface area contributed by atoms with Crippen LogP contribution in [0.1, 0.15) is 36.5 Å². The van der Waals surface area contributed by atoms with E-state index in [4.69, 9.17) is 5.11 Å². The Morgan fingerprint density at radius 2 is 2.04 bits per heavy atom. The lowest BCUT2D eigenvalue weighted by Gasteiger charge is -2.29. The molecule has 1 saturated heterocycles. The van der Waals surface area contributed by atoms with Crippen LogP contribution in [0.3, 0.4) is 0 Å². The van der Waals surface area contributed by atoms with Gasteiger partial charge in [0.05, 0.1) is 0 Å². The van der Waals surface area contributed by atoms with Gasteiger partial charge in [-0.25, -0.2) is 0 Å². The molecule has 2 aromatic rings. The summed E-state index contributed by atoms with van der Waals surface area (Å²) in [6.45, 7) is 2.18. The summed E-state index contributed by atoms with van der Waals surface area (Å²) in [6, 6.07) is 7.27. The Hall–Kier alpha value is -2.96. The molecule has 0 saturated carbocycles. The number of fused-ring (bicyclic) bond motifs is 1. The summed E-state index contributed by atoms with van der Waals surface area (Å²) in [6.07, 6.45) is 5.41. The third-order valence-corrected chi connectivity index (χ3v) is 5.05. The largest absolute Gasteiger partial charge is 0.480 e. The topological polar surface area (TPSA) is 90.8 Å². The second kappa shape index (κ2) is 8.16. The van der Waals surface area contributed by atoms with E-state index in [1.54, 1.807) is 17.3 Å². The summed E-state index contributed by atoms with van der Waals surface area (Å²) in [4.78, 5) is 43.3. The van der Waals surface area contributed by atoms with Crippen molar-refractivity contribution < 1.29 is 19.5 Å². The zero-order valence-corrected chi connectivity index (χ0v) is 15.3. The van der Waals surface area contributed by atoms with Crippen molar-refractivity contribution in [3.05, 3.63) is 42.2 Å². The third-order valence-electron chi connectivity index (χ3n) is 5.05. The number of amides is 2. The minimum atomic E-state index is -1.02. The standard InChI is InChI=1S/C20H23N3O4/c1-14(24)23(13-19(25)26)16-5-3-10-22(11-8-16)20(27)18-6-2-4-15-12-21-9-7-17(15)18/h2,4,6-7,9,12,16H,3,5,8,10-11,13H2,1H3,(H,25,26). The van der Waals surface area contributed by atoms with E-state index in [0.717, 1.165) is 17.2 Å². The number of hydrogen-bond acceptors (Lipinski definition) is 4. The van der Waals surface area contributed by atoms with Crippen LogP contribution in [-0.4, -0.2) is 63.4 Å². The highest BCUT2D eigenvalue weighted by molar-refractivity contribution is 6.06. The molecule has 1 aliphatic heterocycles. The number of likely N-dealkylation sites (tertiary alicyclic amines) is 1. The summed E-state index contributed by atoms with van der Waals surface area (Å²) in [5.41, 5.74) is 0.641. The number of nitrogens with zero attached hydrogens (tertiary/aromatic N) is 3. The molecule has 7 nitrogen and oxygen atoms in total. The summed E-state index contributed by atoms with van der Waals surface area (Å²) >= 11 is 0. The smallest absolute Gasteiger partial charge is 0.323 e. The lowest BCUT2D eigenvalue weighted by molar-refractivity contribution is -0.145. The van der Waals surface area contributed by atoms with Gasteiger partial charge in [-0.15, -0.1) is 0 Å². The van der Waals surface area contributed by atoms with E-state index in [1.807, 2.05) is 24.3 Å². The van der Waals surface area contributed by atoms with Crippen LogP contribution in [-0.2, 0) is 9.59 Å². The van der Waals surface area contributed by atoms with Crippen LogP contribution in [0.15, 0.2) is 36.7 Å². The van der Waals surface area contributed by atoms with Crippen molar-refractivity contribution in [3.63, 3.8) is 0 Å². The highest BCUT2D eigenvalue weighted by Gasteiger charge is 2.28. The molecule has 2 amide bonds. The Labute approximate surface area is 157 Å². The number of carbonyl (C=O) groups is 3. The van der Waals surface area contributed by atoms with Crippen LogP contribution < -0.4 is 0 Å². The van der Waals surface area contributed by atoms with Crippen molar-refractivity contribution in [2.75, 3.05) is 19.6 Å². The molecule has 142 valence electrons. The molecule has 0 spiro atoms. The molecular weight excluding hydrogens is 346 g/mol. The van der Waals surface area contributed by atoms with E-state index in [2.05, 4.69) is 4.98 Å². The molecule has 1 unspecified atom stereocenters. The third kappa shape index (κ3) is 4.24. The molecular formula is C20H23N3O4. The number of aromatic nitrogens is 1. The van der Waals surface area contributed by atoms with E-state index >= 15 is 0 Å². The van der Waals surface area contributed by atoms with E-state index in [1.165, 1.54) is 11.8 Å². The Balaban J connectivity index is 1.76. The van der Waals surface area contributed by atoms with Gasteiger partial charge in [-0.1, -0.05) is 12.1 Å². The summed E-state index contributed by atoms with van der Waals surface area (Å²) in [7, 11) is 0. The quantitative estimate of drug-likeness (QED) is 0.892. The van der Waals surface area contributed by atoms with Gasteiger partial charge in [-0.2, -0.15) is 0 Å². The molecule has 27 heavy (non-hydrogen) atoms. The summed E-state index contributed by atoms with van der Waals surface area (Å²) in [5.74, 6) is -1.31. The summed E-state index contributed by atoms with van der Waals surface area (Å²) in [5, 5.41) is 10.8. The van der Waals surface area contributed by atoms with Gasteiger partial charge in [0, 0.05) is 49.4 Å². The fourth-order valence-corrected chi connectivity index (χ4v) is 3.72. The van der Waals surface area contributed by atoms with Crippen molar-refractivity contribution in [2.24, 2.45) is 0 Å². The van der Waals surface area contributed by atoms with E-state index in [9.17, 15) is 14.4 Å². The van der Waals surface area contributed by atoms with E-state index in [0.29, 0.717) is 31.5 Å². The van der Waals surface area contributed by atoms with Gasteiger partial charge in [0.25, 0.3) is 5.91 Å². The van der Waals surface area contributed by atoms with Crippen LogP contribution in [0.5, 0.6) is 0 Å². The first-order valence-corrected chi connectivity index (χ1v) is 9.08. The molecule has 1 atom stereocenters. The molecule has 1 aromatic carbocycles. The maximum Gasteiger partial charge on any atom is 0.323 e. The van der Waals surface area contributed by atoms with Gasteiger partial charge in [0.2, 0.25) is 5.91 Å². The van der Waals surface area contributed by atoms with Gasteiger partial charge in [-0.05, 0) is 36.8 Å². The number of carbonyl (C=O) groups excluding carboxylic acids is 2. The van der Waals surface area contributed by atoms with Gasteiger partial charge >= 0.3 is 5.97 Å². The van der Waals surface area contributed by atoms with Crippen molar-refractivity contribution in [3.8, 4) is 0 Å². The minimum Gasteiger partial charge on any atom is -0.480 e. The number of carboxylic acids is 1. The fourth-order valence-electron chi connectivity index (χ4n) is 3.72. The van der Waals surface area contributed by atoms with Crippen molar-refractivity contribution in [1.29, 1.82) is 0 Å². The highest BCUT2D eigenvalue weighted by atomic mass is 16.4. The molecule has 1 aliphatic rings. The monoisotopic (exact) mass is 369 g/mol. The molecule has 7 heteroatoms. The maximum atomic E-state index is 13.1. The molecule has 1 N–H and O–H groups in total. The van der Waals surface area contributed by atoms with Crippen molar-refractivity contribution in [2.45, 2.75) is 32.2 Å². The van der Waals surface area contributed by atoms with Crippen LogP contribution in [0, 0.1) is 0 Å². The normalized spacial score (nSPS) is 17.4. The first kappa shape index (κ1) is 18.8. The average molecular weight is 369 g/mol. The molecule has 3 rings (SSSR count). The van der Waals surface area contributed by atoms with Gasteiger partial charge in [0.1, 0.15) is 6.54 Å². The number of carboxylic acid groups (broad SMARTS) is 1. The first-order chi connectivity index (χ1) is 13.0. The SMILES string of the molecule is CC(=O)N(CC(=O)O)C1CCCN(C(=O)c2cccc3cnccc23)CC1. The molecule has 1 fully saturated rings. The van der Waals surface area contributed by atoms with E-state index in [-0.39, 0.29) is 24.4 Å². The number of benzene rings is 1. The zero-order chi connectivity index (χ0) is 19.4. The second-order valence-electron chi connectivity index (χ2n) is 6.82. The Kier molecular flexibility index (Phi) is 5.69. The number of hydrogen-bond donors (Lipinski definition) is 1. The Morgan fingerprint density at radius 3 is 2.78 bits per heavy atom. The van der Waals surface area contributed by atoms with Gasteiger partial charge in [-0.3, -0.25) is 19.4 Å². The van der Waals surface area contributed by atoms with Gasteiger partial charge in [0.15, 0.2) is 0 Å². The average Bonchev–Trinajstić information content (AvgIpc) is 2.91.